The first-order valence-electron chi connectivity index (χ1n) is 4.32. The zero-order chi connectivity index (χ0) is 10.8. The third-order valence-electron chi connectivity index (χ3n) is 1.69. The Balaban J connectivity index is 2.54. The minimum atomic E-state index is 0.543. The lowest BCUT2D eigenvalue weighted by molar-refractivity contribution is 0.831. The number of thiol groups is 1. The predicted molar refractivity (Wildman–Crippen MR) is 59.2 cm³/mol. The number of aromatic amines is 1. The lowest BCUT2D eigenvalue weighted by atomic mass is 10.4. The van der Waals surface area contributed by atoms with Crippen molar-refractivity contribution in [3.8, 4) is 5.82 Å². The zero-order valence-electron chi connectivity index (χ0n) is 8.34. The fourth-order valence-electron chi connectivity index (χ4n) is 1.13. The van der Waals surface area contributed by atoms with E-state index in [1.807, 2.05) is 13.8 Å². The number of aromatic nitrogens is 5. The molecule has 2 rings (SSSR count). The first kappa shape index (κ1) is 9.91. The maximum Gasteiger partial charge on any atom is 0.178 e. The fraction of sp³-hybridized carbons (Fsp3) is 0.250. The van der Waals surface area contributed by atoms with Crippen LogP contribution in [0.15, 0.2) is 22.7 Å². The maximum atomic E-state index is 4.33. The third-order valence-corrected chi connectivity index (χ3v) is 2.00. The summed E-state index contributed by atoms with van der Waals surface area (Å²) in [7, 11) is 0. The molecule has 0 saturated heterocycles. The van der Waals surface area contributed by atoms with E-state index in [1.54, 1.807) is 11.0 Å². The minimum absolute atomic E-state index is 0.543. The molecule has 2 aromatic rings. The van der Waals surface area contributed by atoms with Gasteiger partial charge in [-0.2, -0.15) is 10.2 Å². The second-order valence-electron chi connectivity index (χ2n) is 3.14. The fourth-order valence-corrected chi connectivity index (χ4v) is 1.33. The molecule has 1 N–H and O–H groups in total. The van der Waals surface area contributed by atoms with Gasteiger partial charge in [-0.15, -0.1) is 12.6 Å². The predicted octanol–water partition coefficient (Wildman–Crippen LogP) is 1.39. The summed E-state index contributed by atoms with van der Waals surface area (Å²) in [5, 5.41) is 11.3. The average molecular weight is 222 g/mol. The summed E-state index contributed by atoms with van der Waals surface area (Å²) in [6.07, 6.45) is 3.02. The van der Waals surface area contributed by atoms with E-state index in [2.05, 4.69) is 37.9 Å². The molecule has 0 unspecified atom stereocenters. The number of hydrogen-bond acceptors (Lipinski definition) is 5. The molecule has 0 amide bonds. The third kappa shape index (κ3) is 1.91. The Morgan fingerprint density at radius 3 is 2.93 bits per heavy atom. The molecule has 78 valence electrons. The van der Waals surface area contributed by atoms with Crippen LogP contribution in [0.2, 0.25) is 0 Å². The van der Waals surface area contributed by atoms with Crippen LogP contribution < -0.4 is 0 Å². The summed E-state index contributed by atoms with van der Waals surface area (Å²) in [5.74, 6) is 0.665. The molecule has 0 aromatic carbocycles. The van der Waals surface area contributed by atoms with E-state index in [1.165, 1.54) is 6.33 Å². The summed E-state index contributed by atoms with van der Waals surface area (Å²) in [5.41, 5.74) is 1.59. The van der Waals surface area contributed by atoms with Crippen molar-refractivity contribution < 1.29 is 0 Å². The average Bonchev–Trinajstić information content (AvgIpc) is 2.76. The topological polar surface area (TPSA) is 71.8 Å². The second-order valence-corrected chi connectivity index (χ2v) is 3.57. The molecule has 0 fully saturated rings. The molecule has 0 saturated carbocycles. The molecule has 7 heteroatoms. The van der Waals surface area contributed by atoms with Crippen LogP contribution in [0.3, 0.4) is 0 Å². The SMILES string of the molecule is CC(C)=Nc1c(S)n[nH]c1-n1cncn1. The number of aliphatic imine (C=N–C) groups is 1. The summed E-state index contributed by atoms with van der Waals surface area (Å²) in [6.45, 7) is 3.82. The first-order valence-corrected chi connectivity index (χ1v) is 4.77. The van der Waals surface area contributed by atoms with Crippen molar-refractivity contribution in [2.75, 3.05) is 0 Å². The molecule has 0 spiro atoms. The highest BCUT2D eigenvalue weighted by molar-refractivity contribution is 7.80. The van der Waals surface area contributed by atoms with Crippen LogP contribution in [0.4, 0.5) is 5.69 Å². The molecule has 0 radical (unpaired) electrons. The number of nitrogens with one attached hydrogen (secondary N) is 1. The van der Waals surface area contributed by atoms with Gasteiger partial charge in [0.25, 0.3) is 0 Å². The van der Waals surface area contributed by atoms with Crippen molar-refractivity contribution in [2.24, 2.45) is 4.99 Å². The van der Waals surface area contributed by atoms with Crippen LogP contribution in [-0.4, -0.2) is 30.7 Å². The van der Waals surface area contributed by atoms with Crippen LogP contribution in [0.25, 0.3) is 5.82 Å². The van der Waals surface area contributed by atoms with Gasteiger partial charge in [0.1, 0.15) is 23.4 Å². The van der Waals surface area contributed by atoms with Crippen molar-refractivity contribution in [3.63, 3.8) is 0 Å². The number of hydrogen-bond donors (Lipinski definition) is 2. The van der Waals surface area contributed by atoms with E-state index in [0.717, 1.165) is 5.71 Å². The van der Waals surface area contributed by atoms with E-state index in [4.69, 9.17) is 0 Å². The summed E-state index contributed by atoms with van der Waals surface area (Å²) < 4.78 is 1.56. The Hall–Kier alpha value is -1.63. The molecule has 0 aliphatic rings. The number of nitrogens with zero attached hydrogens (tertiary/aromatic N) is 5. The lowest BCUT2D eigenvalue weighted by Crippen LogP contribution is -1.95. The largest absolute Gasteiger partial charge is 0.258 e. The summed E-state index contributed by atoms with van der Waals surface area (Å²) in [4.78, 5) is 8.19. The van der Waals surface area contributed by atoms with Gasteiger partial charge in [0.05, 0.1) is 0 Å². The van der Waals surface area contributed by atoms with Gasteiger partial charge in [-0.25, -0.2) is 9.67 Å². The molecule has 2 aromatic heterocycles. The molecule has 6 nitrogen and oxygen atoms in total. The molecule has 0 aliphatic heterocycles. The van der Waals surface area contributed by atoms with Crippen LogP contribution >= 0.6 is 12.6 Å². The zero-order valence-corrected chi connectivity index (χ0v) is 9.23. The maximum absolute atomic E-state index is 4.33. The van der Waals surface area contributed by atoms with Crippen molar-refractivity contribution >= 4 is 24.0 Å². The van der Waals surface area contributed by atoms with Gasteiger partial charge in [0, 0.05) is 5.71 Å². The molecular formula is C8H10N6S. The Morgan fingerprint density at radius 2 is 2.33 bits per heavy atom. The van der Waals surface area contributed by atoms with Gasteiger partial charge in [-0.3, -0.25) is 10.1 Å². The first-order chi connectivity index (χ1) is 7.18. The number of H-pyrrole nitrogens is 1. The van der Waals surface area contributed by atoms with Crippen LogP contribution in [0.5, 0.6) is 0 Å². The van der Waals surface area contributed by atoms with Crippen molar-refractivity contribution in [2.45, 2.75) is 18.9 Å². The molecule has 0 atom stereocenters. The van der Waals surface area contributed by atoms with Gasteiger partial charge < -0.3 is 0 Å². The van der Waals surface area contributed by atoms with Gasteiger partial charge in [0.15, 0.2) is 5.82 Å². The highest BCUT2D eigenvalue weighted by atomic mass is 32.1. The van der Waals surface area contributed by atoms with E-state index < -0.39 is 0 Å². The summed E-state index contributed by atoms with van der Waals surface area (Å²) in [6, 6.07) is 0. The highest BCUT2D eigenvalue weighted by Crippen LogP contribution is 2.27. The molecule has 2 heterocycles. The quantitative estimate of drug-likeness (QED) is 0.595. The van der Waals surface area contributed by atoms with Crippen molar-refractivity contribution in [1.82, 2.24) is 25.0 Å². The Labute approximate surface area is 91.9 Å². The van der Waals surface area contributed by atoms with Gasteiger partial charge in [-0.05, 0) is 13.8 Å². The second kappa shape index (κ2) is 3.85. The minimum Gasteiger partial charge on any atom is -0.258 e. The van der Waals surface area contributed by atoms with Crippen molar-refractivity contribution in [1.29, 1.82) is 0 Å². The standard InChI is InChI=1S/C8H10N6S/c1-5(2)11-6-7(12-13-8(6)15)14-4-9-3-10-14/h3-4H,1-2H3,(H2,12,13,15). The number of rotatable bonds is 2. The van der Waals surface area contributed by atoms with E-state index in [9.17, 15) is 0 Å². The smallest absolute Gasteiger partial charge is 0.178 e. The van der Waals surface area contributed by atoms with E-state index in [-0.39, 0.29) is 0 Å². The van der Waals surface area contributed by atoms with Crippen molar-refractivity contribution in [3.05, 3.63) is 12.7 Å². The summed E-state index contributed by atoms with van der Waals surface area (Å²) >= 11 is 4.21. The molecule has 0 aliphatic carbocycles. The Kier molecular flexibility index (Phi) is 2.55. The highest BCUT2D eigenvalue weighted by Gasteiger charge is 2.11. The molecule has 0 bridgehead atoms. The van der Waals surface area contributed by atoms with E-state index >= 15 is 0 Å². The Bertz CT molecular complexity index is 479. The molecular weight excluding hydrogens is 212 g/mol. The van der Waals surface area contributed by atoms with E-state index in [0.29, 0.717) is 16.5 Å². The van der Waals surface area contributed by atoms with Crippen LogP contribution in [0, 0.1) is 0 Å². The van der Waals surface area contributed by atoms with Crippen LogP contribution in [0.1, 0.15) is 13.8 Å². The van der Waals surface area contributed by atoms with Crippen LogP contribution in [-0.2, 0) is 0 Å². The monoisotopic (exact) mass is 222 g/mol. The Morgan fingerprint density at radius 1 is 1.53 bits per heavy atom. The van der Waals surface area contributed by atoms with Gasteiger partial charge in [0.2, 0.25) is 0 Å². The molecule has 15 heavy (non-hydrogen) atoms. The normalized spacial score (nSPS) is 10.3. The lowest BCUT2D eigenvalue weighted by Gasteiger charge is -1.98. The van der Waals surface area contributed by atoms with Gasteiger partial charge in [-0.1, -0.05) is 0 Å². The van der Waals surface area contributed by atoms with Gasteiger partial charge >= 0.3 is 0 Å².